The van der Waals surface area contributed by atoms with E-state index in [0.29, 0.717) is 10.8 Å². The molecule has 2 amide bonds. The van der Waals surface area contributed by atoms with Crippen molar-refractivity contribution in [1.82, 2.24) is 0 Å². The fourth-order valence-electron chi connectivity index (χ4n) is 5.60. The maximum atomic E-state index is 13.0. The SMILES string of the molecule is Nc1ccc2cc(C(=O)O)cc(O)c2c1N=Nc1ccc(NC(=O)Nc2ccc(N=Nc3c(N)ccc4cc(C(=O)O)cc(O)c34)cc2C(=O)O)c(C(=O)O)c1. The van der Waals surface area contributed by atoms with Crippen LogP contribution in [0.1, 0.15) is 41.4 Å². The molecule has 0 unspecified atom stereocenters. The second-order valence-electron chi connectivity index (χ2n) is 11.9. The Morgan fingerprint density at radius 3 is 1.23 bits per heavy atom. The summed E-state index contributed by atoms with van der Waals surface area (Å²) in [4.78, 5) is 60.1. The first-order chi connectivity index (χ1) is 26.6. The van der Waals surface area contributed by atoms with E-state index in [1.165, 1.54) is 60.7 Å². The number of benzene rings is 6. The lowest BCUT2D eigenvalue weighted by atomic mass is 10.0. The van der Waals surface area contributed by atoms with E-state index in [4.69, 9.17) is 11.5 Å². The van der Waals surface area contributed by atoms with Crippen molar-refractivity contribution in [3.63, 3.8) is 0 Å². The first kappa shape index (κ1) is 37.2. The van der Waals surface area contributed by atoms with Gasteiger partial charge in [-0.15, -0.1) is 10.2 Å². The Balaban J connectivity index is 1.23. The van der Waals surface area contributed by atoms with Gasteiger partial charge in [0.1, 0.15) is 22.9 Å². The Labute approximate surface area is 312 Å². The van der Waals surface area contributed by atoms with E-state index in [2.05, 4.69) is 31.1 Å². The van der Waals surface area contributed by atoms with Gasteiger partial charge >= 0.3 is 29.9 Å². The molecule has 0 atom stereocenters. The highest BCUT2D eigenvalue weighted by Crippen LogP contribution is 2.41. The first-order valence-electron chi connectivity index (χ1n) is 15.8. The summed E-state index contributed by atoms with van der Waals surface area (Å²) in [6.07, 6.45) is 0. The zero-order chi connectivity index (χ0) is 40.4. The molecule has 56 heavy (non-hydrogen) atoms. The summed E-state index contributed by atoms with van der Waals surface area (Å²) in [6, 6.07) is 16.7. The fraction of sp³-hybridized carbons (Fsp3) is 0. The molecule has 0 heterocycles. The summed E-state index contributed by atoms with van der Waals surface area (Å²) in [7, 11) is 0. The van der Waals surface area contributed by atoms with Gasteiger partial charge in [0, 0.05) is 0 Å². The molecule has 280 valence electrons. The van der Waals surface area contributed by atoms with Crippen LogP contribution in [-0.2, 0) is 0 Å². The summed E-state index contributed by atoms with van der Waals surface area (Å²) < 4.78 is 0. The third kappa shape index (κ3) is 7.47. The number of phenolic OH excluding ortho intramolecular Hbond substituents is 2. The molecule has 0 saturated heterocycles. The van der Waals surface area contributed by atoms with Crippen LogP contribution in [0.3, 0.4) is 0 Å². The lowest BCUT2D eigenvalue weighted by Crippen LogP contribution is -2.22. The molecule has 19 heteroatoms. The number of carboxylic acid groups (broad SMARTS) is 4. The molecule has 6 aromatic carbocycles. The number of aromatic hydroxyl groups is 2. The lowest BCUT2D eigenvalue weighted by molar-refractivity contribution is 0.0686. The van der Waals surface area contributed by atoms with Crippen LogP contribution in [0, 0.1) is 0 Å². The van der Waals surface area contributed by atoms with E-state index in [-0.39, 0.29) is 67.4 Å². The number of hydrogen-bond donors (Lipinski definition) is 10. The molecule has 0 saturated carbocycles. The maximum absolute atomic E-state index is 13.0. The number of hydrogen-bond acceptors (Lipinski definition) is 13. The predicted molar refractivity (Wildman–Crippen MR) is 202 cm³/mol. The van der Waals surface area contributed by atoms with E-state index in [9.17, 15) is 54.6 Å². The molecule has 0 aliphatic rings. The number of nitrogens with one attached hydrogen (secondary N) is 2. The molecule has 0 fully saturated rings. The lowest BCUT2D eigenvalue weighted by Gasteiger charge is -2.12. The van der Waals surface area contributed by atoms with Crippen molar-refractivity contribution < 1.29 is 54.6 Å². The van der Waals surface area contributed by atoms with Crippen LogP contribution in [0.15, 0.2) is 105 Å². The molecule has 0 spiro atoms. The number of fused-ring (bicyclic) bond motifs is 2. The van der Waals surface area contributed by atoms with Crippen molar-refractivity contribution in [3.8, 4) is 11.5 Å². The number of nitrogen functional groups attached to an aromatic ring is 2. The van der Waals surface area contributed by atoms with Crippen molar-refractivity contribution >= 4 is 97.0 Å². The molecule has 19 nitrogen and oxygen atoms in total. The van der Waals surface area contributed by atoms with Crippen LogP contribution in [0.2, 0.25) is 0 Å². The molecule has 6 rings (SSSR count). The zero-order valence-corrected chi connectivity index (χ0v) is 28.3. The average Bonchev–Trinajstić information content (AvgIpc) is 3.14. The molecule has 0 radical (unpaired) electrons. The van der Waals surface area contributed by atoms with Crippen LogP contribution < -0.4 is 22.1 Å². The maximum Gasteiger partial charge on any atom is 0.337 e. The van der Waals surface area contributed by atoms with Crippen LogP contribution >= 0.6 is 0 Å². The van der Waals surface area contributed by atoms with Crippen molar-refractivity contribution in [2.24, 2.45) is 20.5 Å². The van der Waals surface area contributed by atoms with Crippen LogP contribution in [0.5, 0.6) is 11.5 Å². The Morgan fingerprint density at radius 1 is 0.482 bits per heavy atom. The van der Waals surface area contributed by atoms with Gasteiger partial charge in [0.15, 0.2) is 0 Å². The molecular formula is C37H26N8O11. The van der Waals surface area contributed by atoms with E-state index in [1.807, 2.05) is 0 Å². The van der Waals surface area contributed by atoms with Gasteiger partial charge in [-0.3, -0.25) is 0 Å². The third-order valence-electron chi connectivity index (χ3n) is 8.19. The molecule has 0 bridgehead atoms. The van der Waals surface area contributed by atoms with Crippen LogP contribution in [0.25, 0.3) is 21.5 Å². The highest BCUT2D eigenvalue weighted by atomic mass is 16.4. The van der Waals surface area contributed by atoms with Gasteiger partial charge in [-0.05, 0) is 83.6 Å². The average molecular weight is 759 g/mol. The molecule has 0 aromatic heterocycles. The number of nitrogens with zero attached hydrogens (tertiary/aromatic N) is 4. The van der Waals surface area contributed by atoms with Crippen molar-refractivity contribution in [2.75, 3.05) is 22.1 Å². The van der Waals surface area contributed by atoms with E-state index in [1.54, 1.807) is 0 Å². The predicted octanol–water partition coefficient (Wildman–Crippen LogP) is 7.84. The molecule has 6 aromatic rings. The van der Waals surface area contributed by atoms with Gasteiger partial charge in [-0.1, -0.05) is 12.1 Å². The molecule has 0 aliphatic heterocycles. The number of aromatic carboxylic acids is 4. The number of phenols is 2. The van der Waals surface area contributed by atoms with Crippen molar-refractivity contribution in [3.05, 3.63) is 107 Å². The first-order valence-corrected chi connectivity index (χ1v) is 15.8. The minimum atomic E-state index is -1.47. The Kier molecular flexibility index (Phi) is 9.81. The number of nitrogens with two attached hydrogens (primary N) is 2. The number of carbonyl (C=O) groups is 5. The highest BCUT2D eigenvalue weighted by molar-refractivity contribution is 6.09. The number of urea groups is 1. The van der Waals surface area contributed by atoms with Crippen LogP contribution in [0.4, 0.5) is 50.3 Å². The Morgan fingerprint density at radius 2 is 0.875 bits per heavy atom. The summed E-state index contributed by atoms with van der Waals surface area (Å²) >= 11 is 0. The van der Waals surface area contributed by atoms with Gasteiger partial charge in [-0.25, -0.2) is 24.0 Å². The topological polar surface area (TPSA) is 332 Å². The Hall–Kier alpha value is -8.61. The van der Waals surface area contributed by atoms with E-state index in [0.717, 1.165) is 24.3 Å². The largest absolute Gasteiger partial charge is 0.507 e. The molecule has 0 aliphatic carbocycles. The zero-order valence-electron chi connectivity index (χ0n) is 28.3. The number of carbonyl (C=O) groups excluding carboxylic acids is 1. The van der Waals surface area contributed by atoms with Gasteiger partial charge in [0.25, 0.3) is 0 Å². The van der Waals surface area contributed by atoms with Crippen molar-refractivity contribution in [2.45, 2.75) is 0 Å². The second kappa shape index (κ2) is 14.8. The van der Waals surface area contributed by atoms with Gasteiger partial charge in [-0.2, -0.15) is 10.2 Å². The number of anilines is 4. The number of rotatable bonds is 10. The number of amides is 2. The van der Waals surface area contributed by atoms with Gasteiger partial charge < -0.3 is 52.7 Å². The highest BCUT2D eigenvalue weighted by Gasteiger charge is 2.19. The summed E-state index contributed by atoms with van der Waals surface area (Å²) in [5.74, 6) is -6.31. The van der Waals surface area contributed by atoms with Gasteiger partial charge in [0.2, 0.25) is 0 Å². The third-order valence-corrected chi connectivity index (χ3v) is 8.19. The number of azo groups is 2. The van der Waals surface area contributed by atoms with Gasteiger partial charge in [0.05, 0.1) is 67.2 Å². The summed E-state index contributed by atoms with van der Waals surface area (Å²) in [6.45, 7) is 0. The second-order valence-corrected chi connectivity index (χ2v) is 11.9. The van der Waals surface area contributed by atoms with E-state index >= 15 is 0 Å². The monoisotopic (exact) mass is 758 g/mol. The standard InChI is InChI=1S/C37H26N8O11/c38-23-5-1-15-9-17(33(48)49)11-27(46)29(15)31(23)44-42-19-3-7-25(21(13-19)35(52)53)40-37(56)41-26-8-4-20(14-22(26)36(54)55)43-45-32-24(39)6-2-16-10-18(34(50)51)12-28(47)30(16)32/h1-14,46-47H,38-39H2,(H,48,49)(H,50,51)(H,52,53)(H,54,55)(H2,40,41,56). The van der Waals surface area contributed by atoms with E-state index < -0.39 is 52.5 Å². The number of carboxylic acids is 4. The quantitative estimate of drug-likeness (QED) is 0.0470. The Bertz CT molecular complexity index is 2560. The summed E-state index contributed by atoms with van der Waals surface area (Å²) in [5, 5.41) is 81.2. The van der Waals surface area contributed by atoms with Crippen molar-refractivity contribution in [1.29, 1.82) is 0 Å². The minimum absolute atomic E-state index is 0.00481. The fourth-order valence-corrected chi connectivity index (χ4v) is 5.60. The smallest absolute Gasteiger partial charge is 0.337 e. The normalized spacial score (nSPS) is 11.3. The van der Waals surface area contributed by atoms with Crippen LogP contribution in [-0.4, -0.2) is 60.5 Å². The molecular weight excluding hydrogens is 732 g/mol. The molecule has 12 N–H and O–H groups in total. The summed E-state index contributed by atoms with van der Waals surface area (Å²) in [5.41, 5.74) is 10.6. The minimum Gasteiger partial charge on any atom is -0.507 e.